The lowest BCUT2D eigenvalue weighted by atomic mass is 10.1. The van der Waals surface area contributed by atoms with Crippen molar-refractivity contribution in [2.24, 2.45) is 0 Å². The number of nitrogens with zero attached hydrogens (tertiary/aromatic N) is 1. The summed E-state index contributed by atoms with van der Waals surface area (Å²) in [6.07, 6.45) is 4.06. The van der Waals surface area contributed by atoms with Crippen LogP contribution in [0.15, 0.2) is 5.38 Å². The summed E-state index contributed by atoms with van der Waals surface area (Å²) in [5, 5.41) is 6.78. The third-order valence-electron chi connectivity index (χ3n) is 3.02. The Morgan fingerprint density at radius 1 is 1.69 bits per heavy atom. The van der Waals surface area contributed by atoms with Crippen molar-refractivity contribution in [3.05, 3.63) is 16.1 Å². The zero-order valence-corrected chi connectivity index (χ0v) is 10.8. The molecule has 0 saturated carbocycles. The average molecular weight is 240 g/mol. The Hall–Kier alpha value is -0.450. The summed E-state index contributed by atoms with van der Waals surface area (Å²) in [5.41, 5.74) is 1.16. The molecule has 0 spiro atoms. The van der Waals surface area contributed by atoms with E-state index >= 15 is 0 Å². The van der Waals surface area contributed by atoms with Gasteiger partial charge in [-0.1, -0.05) is 0 Å². The van der Waals surface area contributed by atoms with Gasteiger partial charge in [-0.25, -0.2) is 4.98 Å². The molecule has 3 nitrogen and oxygen atoms in total. The molecule has 1 aromatic heterocycles. The van der Waals surface area contributed by atoms with Crippen LogP contribution in [0, 0.1) is 6.92 Å². The van der Waals surface area contributed by atoms with Crippen LogP contribution in [0.4, 0.5) is 0 Å². The molecule has 0 aromatic carbocycles. The third kappa shape index (κ3) is 3.27. The van der Waals surface area contributed by atoms with Crippen molar-refractivity contribution >= 4 is 11.3 Å². The van der Waals surface area contributed by atoms with E-state index in [0.29, 0.717) is 12.1 Å². The highest BCUT2D eigenvalue weighted by Crippen LogP contribution is 2.17. The van der Waals surface area contributed by atoms with Gasteiger partial charge in [0.25, 0.3) is 0 Å². The van der Waals surface area contributed by atoms with Crippen LogP contribution in [0.1, 0.15) is 42.9 Å². The molecule has 0 aliphatic carbocycles. The molecule has 4 heteroatoms. The van der Waals surface area contributed by atoms with E-state index in [1.54, 1.807) is 11.3 Å². The molecule has 2 rings (SSSR count). The van der Waals surface area contributed by atoms with E-state index in [4.69, 9.17) is 4.74 Å². The number of ether oxygens (including phenoxy) is 1. The van der Waals surface area contributed by atoms with E-state index in [9.17, 15) is 0 Å². The summed E-state index contributed by atoms with van der Waals surface area (Å²) in [4.78, 5) is 4.49. The average Bonchev–Trinajstić information content (AvgIpc) is 2.89. The zero-order valence-electron chi connectivity index (χ0n) is 10.0. The van der Waals surface area contributed by atoms with Gasteiger partial charge in [0, 0.05) is 18.0 Å². The van der Waals surface area contributed by atoms with Crippen LogP contribution in [-0.4, -0.2) is 24.2 Å². The predicted octanol–water partition coefficient (Wildman–Crippen LogP) is 2.67. The molecule has 1 aliphatic rings. The molecule has 16 heavy (non-hydrogen) atoms. The molecule has 1 aliphatic heterocycles. The smallest absolute Gasteiger partial charge is 0.0898 e. The number of hydrogen-bond donors (Lipinski definition) is 1. The SMILES string of the molecule is Cc1nc(C(C)NCCC2CCCO2)cs1. The maximum atomic E-state index is 5.59. The van der Waals surface area contributed by atoms with Crippen molar-refractivity contribution in [2.75, 3.05) is 13.2 Å². The molecular formula is C12H20N2OS. The highest BCUT2D eigenvalue weighted by molar-refractivity contribution is 7.09. The van der Waals surface area contributed by atoms with E-state index < -0.39 is 0 Å². The Morgan fingerprint density at radius 3 is 3.19 bits per heavy atom. The highest BCUT2D eigenvalue weighted by Gasteiger charge is 2.15. The minimum atomic E-state index is 0.353. The Morgan fingerprint density at radius 2 is 2.56 bits per heavy atom. The number of aromatic nitrogens is 1. The first kappa shape index (κ1) is 12.0. The lowest BCUT2D eigenvalue weighted by Crippen LogP contribution is -2.23. The Balaban J connectivity index is 1.69. The van der Waals surface area contributed by atoms with Gasteiger partial charge in [0.05, 0.1) is 16.8 Å². The fraction of sp³-hybridized carbons (Fsp3) is 0.750. The van der Waals surface area contributed by atoms with Gasteiger partial charge in [0.1, 0.15) is 0 Å². The van der Waals surface area contributed by atoms with Crippen molar-refractivity contribution in [2.45, 2.75) is 45.3 Å². The summed E-state index contributed by atoms with van der Waals surface area (Å²) >= 11 is 1.72. The van der Waals surface area contributed by atoms with Crippen molar-refractivity contribution in [3.8, 4) is 0 Å². The van der Waals surface area contributed by atoms with Crippen molar-refractivity contribution in [3.63, 3.8) is 0 Å². The number of rotatable bonds is 5. The molecule has 1 saturated heterocycles. The fourth-order valence-corrected chi connectivity index (χ4v) is 2.72. The van der Waals surface area contributed by atoms with E-state index in [1.165, 1.54) is 12.8 Å². The van der Waals surface area contributed by atoms with Crippen LogP contribution in [-0.2, 0) is 4.74 Å². The lowest BCUT2D eigenvalue weighted by Gasteiger charge is -2.14. The molecular weight excluding hydrogens is 220 g/mol. The maximum absolute atomic E-state index is 5.59. The first-order valence-corrected chi connectivity index (χ1v) is 6.90. The quantitative estimate of drug-likeness (QED) is 0.859. The maximum Gasteiger partial charge on any atom is 0.0898 e. The van der Waals surface area contributed by atoms with Crippen LogP contribution in [0.3, 0.4) is 0 Å². The Kier molecular flexibility index (Phi) is 4.32. The van der Waals surface area contributed by atoms with Gasteiger partial charge in [-0.15, -0.1) is 11.3 Å². The van der Waals surface area contributed by atoms with E-state index in [2.05, 4.69) is 22.6 Å². The fourth-order valence-electron chi connectivity index (χ4n) is 2.02. The second-order valence-corrected chi connectivity index (χ2v) is 5.45. The molecule has 0 radical (unpaired) electrons. The number of nitrogens with one attached hydrogen (secondary N) is 1. The number of hydrogen-bond acceptors (Lipinski definition) is 4. The number of thiazole rings is 1. The van der Waals surface area contributed by atoms with Gasteiger partial charge < -0.3 is 10.1 Å². The minimum Gasteiger partial charge on any atom is -0.378 e. The number of aryl methyl sites for hydroxylation is 1. The minimum absolute atomic E-state index is 0.353. The molecule has 1 fully saturated rings. The zero-order chi connectivity index (χ0) is 11.4. The first-order valence-electron chi connectivity index (χ1n) is 6.02. The summed E-state index contributed by atoms with van der Waals surface area (Å²) in [5.74, 6) is 0. The van der Waals surface area contributed by atoms with Crippen LogP contribution in [0.5, 0.6) is 0 Å². The van der Waals surface area contributed by atoms with Crippen LogP contribution in [0.25, 0.3) is 0 Å². The molecule has 2 heterocycles. The summed E-state index contributed by atoms with van der Waals surface area (Å²) in [6.45, 7) is 6.19. The van der Waals surface area contributed by atoms with Crippen molar-refractivity contribution in [1.82, 2.24) is 10.3 Å². The summed E-state index contributed by atoms with van der Waals surface area (Å²) < 4.78 is 5.59. The van der Waals surface area contributed by atoms with Crippen LogP contribution >= 0.6 is 11.3 Å². The summed E-state index contributed by atoms with van der Waals surface area (Å²) in [7, 11) is 0. The predicted molar refractivity (Wildman–Crippen MR) is 66.9 cm³/mol. The van der Waals surface area contributed by atoms with Crippen LogP contribution < -0.4 is 5.32 Å². The van der Waals surface area contributed by atoms with Gasteiger partial charge in [0.15, 0.2) is 0 Å². The first-order chi connectivity index (χ1) is 7.75. The lowest BCUT2D eigenvalue weighted by molar-refractivity contribution is 0.103. The Bertz CT molecular complexity index is 321. The van der Waals surface area contributed by atoms with Crippen LogP contribution in [0.2, 0.25) is 0 Å². The second-order valence-electron chi connectivity index (χ2n) is 4.39. The van der Waals surface area contributed by atoms with Gasteiger partial charge in [0.2, 0.25) is 0 Å². The molecule has 2 atom stereocenters. The molecule has 1 aromatic rings. The van der Waals surface area contributed by atoms with Gasteiger partial charge in [-0.3, -0.25) is 0 Å². The van der Waals surface area contributed by atoms with E-state index in [1.807, 2.05) is 6.92 Å². The molecule has 2 unspecified atom stereocenters. The molecule has 0 bridgehead atoms. The van der Waals surface area contributed by atoms with Gasteiger partial charge in [-0.2, -0.15) is 0 Å². The summed E-state index contributed by atoms with van der Waals surface area (Å²) in [6, 6.07) is 0.353. The normalized spacial score (nSPS) is 22.5. The largest absolute Gasteiger partial charge is 0.378 e. The molecule has 0 amide bonds. The van der Waals surface area contributed by atoms with Gasteiger partial charge in [-0.05, 0) is 39.7 Å². The third-order valence-corrected chi connectivity index (χ3v) is 3.81. The standard InChI is InChI=1S/C12H20N2OS/c1-9(12-8-16-10(2)14-12)13-6-5-11-4-3-7-15-11/h8-9,11,13H,3-7H2,1-2H3. The highest BCUT2D eigenvalue weighted by atomic mass is 32.1. The molecule has 90 valence electrons. The second kappa shape index (κ2) is 5.75. The van der Waals surface area contributed by atoms with Crippen molar-refractivity contribution < 1.29 is 4.74 Å². The topological polar surface area (TPSA) is 34.2 Å². The van der Waals surface area contributed by atoms with Crippen molar-refractivity contribution in [1.29, 1.82) is 0 Å². The molecule has 1 N–H and O–H groups in total. The Labute approximate surface area is 101 Å². The van der Waals surface area contributed by atoms with Gasteiger partial charge >= 0.3 is 0 Å². The van der Waals surface area contributed by atoms with E-state index in [0.717, 1.165) is 30.3 Å². The monoisotopic (exact) mass is 240 g/mol. The van der Waals surface area contributed by atoms with E-state index in [-0.39, 0.29) is 0 Å².